The van der Waals surface area contributed by atoms with Gasteiger partial charge in [-0.25, -0.2) is 0 Å². The molecule has 84 valence electrons. The van der Waals surface area contributed by atoms with Crippen LogP contribution in [0.15, 0.2) is 6.20 Å². The van der Waals surface area contributed by atoms with Crippen molar-refractivity contribution in [2.75, 3.05) is 18.9 Å². The monoisotopic (exact) mass is 274 g/mol. The van der Waals surface area contributed by atoms with Crippen LogP contribution in [0, 0.1) is 0 Å². The first-order chi connectivity index (χ1) is 7.25. The van der Waals surface area contributed by atoms with Crippen molar-refractivity contribution in [3.63, 3.8) is 0 Å². The highest BCUT2D eigenvalue weighted by molar-refractivity contribution is 9.09. The summed E-state index contributed by atoms with van der Waals surface area (Å²) < 4.78 is 0. The van der Waals surface area contributed by atoms with Crippen LogP contribution in [0.1, 0.15) is 29.8 Å². The Bertz CT molecular complexity index is 288. The van der Waals surface area contributed by atoms with Crippen molar-refractivity contribution in [2.24, 2.45) is 0 Å². The second kappa shape index (κ2) is 6.55. The van der Waals surface area contributed by atoms with E-state index in [2.05, 4.69) is 31.3 Å². The minimum Gasteiger partial charge on any atom is -0.340 e. The summed E-state index contributed by atoms with van der Waals surface area (Å²) in [6.07, 6.45) is 4.73. The zero-order valence-electron chi connectivity index (χ0n) is 8.74. The van der Waals surface area contributed by atoms with Gasteiger partial charge in [-0.2, -0.15) is 15.4 Å². The van der Waals surface area contributed by atoms with Gasteiger partial charge in [0.15, 0.2) is 5.69 Å². The van der Waals surface area contributed by atoms with E-state index in [4.69, 9.17) is 0 Å². The van der Waals surface area contributed by atoms with Gasteiger partial charge in [0.25, 0.3) is 5.91 Å². The molecular weight excluding hydrogens is 260 g/mol. The fraction of sp³-hybridized carbons (Fsp3) is 0.667. The number of hydrogen-bond donors (Lipinski definition) is 1. The van der Waals surface area contributed by atoms with Gasteiger partial charge in [-0.05, 0) is 12.8 Å². The van der Waals surface area contributed by atoms with Gasteiger partial charge >= 0.3 is 0 Å². The molecule has 0 saturated heterocycles. The first kappa shape index (κ1) is 12.2. The summed E-state index contributed by atoms with van der Waals surface area (Å²) in [7, 11) is 1.78. The van der Waals surface area contributed by atoms with Crippen molar-refractivity contribution in [1.29, 1.82) is 0 Å². The third-order valence-electron chi connectivity index (χ3n) is 2.11. The first-order valence-corrected chi connectivity index (χ1v) is 6.05. The molecule has 0 aliphatic rings. The summed E-state index contributed by atoms with van der Waals surface area (Å²) in [5, 5.41) is 10.8. The molecule has 1 aromatic heterocycles. The van der Waals surface area contributed by atoms with Gasteiger partial charge in [0.1, 0.15) is 0 Å². The minimum atomic E-state index is -0.0809. The zero-order chi connectivity index (χ0) is 11.1. The molecule has 0 spiro atoms. The molecule has 0 aliphatic heterocycles. The van der Waals surface area contributed by atoms with Gasteiger partial charge < -0.3 is 4.90 Å². The Morgan fingerprint density at radius 2 is 2.33 bits per heavy atom. The van der Waals surface area contributed by atoms with Gasteiger partial charge in [0.05, 0.1) is 6.20 Å². The highest BCUT2D eigenvalue weighted by atomic mass is 79.9. The highest BCUT2D eigenvalue weighted by Crippen LogP contribution is 2.02. The Labute approximate surface area is 97.4 Å². The number of H-pyrrole nitrogens is 1. The third-order valence-corrected chi connectivity index (χ3v) is 2.67. The van der Waals surface area contributed by atoms with E-state index in [1.54, 1.807) is 11.9 Å². The van der Waals surface area contributed by atoms with Crippen LogP contribution >= 0.6 is 15.9 Å². The molecule has 0 saturated carbocycles. The minimum absolute atomic E-state index is 0.0809. The third kappa shape index (κ3) is 3.99. The SMILES string of the molecule is CN(CCCCCBr)C(=O)c1cn[nH]n1. The summed E-state index contributed by atoms with van der Waals surface area (Å²) in [6.45, 7) is 0.763. The topological polar surface area (TPSA) is 61.9 Å². The van der Waals surface area contributed by atoms with Crippen LogP contribution in [0.25, 0.3) is 0 Å². The predicted molar refractivity (Wildman–Crippen MR) is 61.0 cm³/mol. The van der Waals surface area contributed by atoms with E-state index in [1.165, 1.54) is 6.20 Å². The molecule has 0 bridgehead atoms. The second-order valence-electron chi connectivity index (χ2n) is 3.33. The van der Waals surface area contributed by atoms with E-state index in [0.29, 0.717) is 5.69 Å². The van der Waals surface area contributed by atoms with Gasteiger partial charge in [-0.15, -0.1) is 0 Å². The van der Waals surface area contributed by atoms with Crippen LogP contribution in [-0.2, 0) is 0 Å². The molecule has 0 radical (unpaired) electrons. The number of carbonyl (C=O) groups excluding carboxylic acids is 1. The Hall–Kier alpha value is -0.910. The number of unbranched alkanes of at least 4 members (excludes halogenated alkanes) is 2. The lowest BCUT2D eigenvalue weighted by Gasteiger charge is -2.14. The fourth-order valence-electron chi connectivity index (χ4n) is 1.22. The number of amides is 1. The Morgan fingerprint density at radius 1 is 1.53 bits per heavy atom. The van der Waals surface area contributed by atoms with Crippen LogP contribution in [0.5, 0.6) is 0 Å². The number of aromatic amines is 1. The second-order valence-corrected chi connectivity index (χ2v) is 4.12. The zero-order valence-corrected chi connectivity index (χ0v) is 10.3. The molecule has 1 aromatic rings. The van der Waals surface area contributed by atoms with Gasteiger partial charge in [-0.1, -0.05) is 22.4 Å². The molecule has 1 heterocycles. The molecule has 0 aliphatic carbocycles. The maximum atomic E-state index is 11.7. The normalized spacial score (nSPS) is 10.3. The van der Waals surface area contributed by atoms with Crippen LogP contribution in [-0.4, -0.2) is 45.1 Å². The summed E-state index contributed by atoms with van der Waals surface area (Å²) in [6, 6.07) is 0. The van der Waals surface area contributed by atoms with Gasteiger partial charge in [-0.3, -0.25) is 4.79 Å². The van der Waals surface area contributed by atoms with E-state index in [0.717, 1.165) is 31.1 Å². The lowest BCUT2D eigenvalue weighted by molar-refractivity contribution is 0.0787. The number of aromatic nitrogens is 3. The molecule has 0 atom stereocenters. The Morgan fingerprint density at radius 3 is 2.93 bits per heavy atom. The average molecular weight is 275 g/mol. The number of alkyl halides is 1. The smallest absolute Gasteiger partial charge is 0.275 e. The molecule has 6 heteroatoms. The molecule has 1 rings (SSSR count). The summed E-state index contributed by atoms with van der Waals surface area (Å²) in [4.78, 5) is 13.3. The first-order valence-electron chi connectivity index (χ1n) is 4.93. The average Bonchev–Trinajstić information content (AvgIpc) is 2.76. The number of carbonyl (C=O) groups is 1. The fourth-order valence-corrected chi connectivity index (χ4v) is 1.62. The van der Waals surface area contributed by atoms with E-state index >= 15 is 0 Å². The standard InChI is InChI=1S/C9H15BrN4O/c1-14(6-4-2-3-5-10)9(15)8-7-11-13-12-8/h7H,2-6H2,1H3,(H,11,12,13). The van der Waals surface area contributed by atoms with Crippen molar-refractivity contribution >= 4 is 21.8 Å². The summed E-state index contributed by atoms with van der Waals surface area (Å²) >= 11 is 3.37. The van der Waals surface area contributed by atoms with E-state index in [-0.39, 0.29) is 5.91 Å². The number of nitrogens with one attached hydrogen (secondary N) is 1. The molecule has 0 fully saturated rings. The number of halogens is 1. The van der Waals surface area contributed by atoms with Gasteiger partial charge in [0.2, 0.25) is 0 Å². The van der Waals surface area contributed by atoms with Crippen molar-refractivity contribution in [3.05, 3.63) is 11.9 Å². The van der Waals surface area contributed by atoms with Crippen molar-refractivity contribution in [2.45, 2.75) is 19.3 Å². The molecule has 0 aromatic carbocycles. The lowest BCUT2D eigenvalue weighted by atomic mass is 10.2. The molecule has 1 amide bonds. The predicted octanol–water partition coefficient (Wildman–Crippen LogP) is 1.44. The van der Waals surface area contributed by atoms with Crippen LogP contribution in [0.3, 0.4) is 0 Å². The molecule has 15 heavy (non-hydrogen) atoms. The molecule has 0 unspecified atom stereocenters. The quantitative estimate of drug-likeness (QED) is 0.631. The molecular formula is C9H15BrN4O. The van der Waals surface area contributed by atoms with Gasteiger partial charge in [0, 0.05) is 18.9 Å². The lowest BCUT2D eigenvalue weighted by Crippen LogP contribution is -2.28. The van der Waals surface area contributed by atoms with Crippen molar-refractivity contribution in [1.82, 2.24) is 20.3 Å². The summed E-state index contributed by atoms with van der Waals surface area (Å²) in [5.41, 5.74) is 0.373. The number of hydrogen-bond acceptors (Lipinski definition) is 3. The number of rotatable bonds is 6. The van der Waals surface area contributed by atoms with E-state index in [1.807, 2.05) is 0 Å². The molecule has 1 N–H and O–H groups in total. The summed E-state index contributed by atoms with van der Waals surface area (Å²) in [5.74, 6) is -0.0809. The van der Waals surface area contributed by atoms with E-state index < -0.39 is 0 Å². The van der Waals surface area contributed by atoms with Crippen molar-refractivity contribution in [3.8, 4) is 0 Å². The maximum Gasteiger partial charge on any atom is 0.275 e. The van der Waals surface area contributed by atoms with Crippen LogP contribution in [0.4, 0.5) is 0 Å². The Balaban J connectivity index is 2.28. The number of nitrogens with zero attached hydrogens (tertiary/aromatic N) is 3. The highest BCUT2D eigenvalue weighted by Gasteiger charge is 2.13. The maximum absolute atomic E-state index is 11.7. The Kier molecular flexibility index (Phi) is 5.31. The van der Waals surface area contributed by atoms with Crippen LogP contribution in [0.2, 0.25) is 0 Å². The van der Waals surface area contributed by atoms with Crippen molar-refractivity contribution < 1.29 is 4.79 Å². The molecule has 5 nitrogen and oxygen atoms in total. The largest absolute Gasteiger partial charge is 0.340 e. The van der Waals surface area contributed by atoms with Crippen LogP contribution < -0.4 is 0 Å². The van der Waals surface area contributed by atoms with E-state index in [9.17, 15) is 4.79 Å².